The van der Waals surface area contributed by atoms with Crippen molar-refractivity contribution in [2.75, 3.05) is 25.6 Å². The van der Waals surface area contributed by atoms with Crippen LogP contribution in [0, 0.1) is 16.0 Å². The maximum Gasteiger partial charge on any atom is 0.317 e. The van der Waals surface area contributed by atoms with Crippen molar-refractivity contribution in [1.29, 1.82) is 0 Å². The van der Waals surface area contributed by atoms with E-state index in [1.54, 1.807) is 45.0 Å². The van der Waals surface area contributed by atoms with E-state index >= 15 is 0 Å². The number of aromatic nitrogens is 4. The quantitative estimate of drug-likeness (QED) is 0.438. The van der Waals surface area contributed by atoms with E-state index < -0.39 is 22.9 Å². The lowest BCUT2D eigenvalue weighted by Gasteiger charge is -2.29. The number of nitro groups is 1. The van der Waals surface area contributed by atoms with Crippen LogP contribution < -0.4 is 4.90 Å². The summed E-state index contributed by atoms with van der Waals surface area (Å²) in [7, 11) is 3.58. The van der Waals surface area contributed by atoms with Gasteiger partial charge in [-0.15, -0.1) is 0 Å². The van der Waals surface area contributed by atoms with Crippen molar-refractivity contribution >= 4 is 29.0 Å². The number of benzene rings is 1. The number of fused-ring (bicyclic) bond motifs is 1. The van der Waals surface area contributed by atoms with Gasteiger partial charge in [-0.3, -0.25) is 14.9 Å². The first-order valence-corrected chi connectivity index (χ1v) is 8.30. The summed E-state index contributed by atoms with van der Waals surface area (Å²) in [6.07, 6.45) is 0. The summed E-state index contributed by atoms with van der Waals surface area (Å²) in [4.78, 5) is 29.9. The molecule has 0 amide bonds. The zero-order chi connectivity index (χ0) is 19.7. The van der Waals surface area contributed by atoms with E-state index in [-0.39, 0.29) is 18.2 Å². The number of aliphatic imine (C=N–C) groups is 1. The third kappa shape index (κ3) is 3.23. The van der Waals surface area contributed by atoms with E-state index in [0.717, 1.165) is 0 Å². The van der Waals surface area contributed by atoms with Gasteiger partial charge in [-0.25, -0.2) is 9.67 Å². The number of nitro benzene ring substituents is 1. The Bertz CT molecular complexity index is 921. The number of carbonyl (C=O) groups excluding carboxylic acids is 1. The highest BCUT2D eigenvalue weighted by Crippen LogP contribution is 2.40. The van der Waals surface area contributed by atoms with Crippen LogP contribution in [0.4, 0.5) is 17.3 Å². The van der Waals surface area contributed by atoms with Crippen LogP contribution in [0.3, 0.4) is 0 Å². The normalized spacial score (nSPS) is 18.4. The molecule has 0 aliphatic carbocycles. The molecule has 0 saturated carbocycles. The van der Waals surface area contributed by atoms with E-state index in [1.807, 2.05) is 0 Å². The Hall–Kier alpha value is -3.37. The molecule has 11 heteroatoms. The van der Waals surface area contributed by atoms with E-state index in [0.29, 0.717) is 17.0 Å². The molecule has 0 spiro atoms. The second kappa shape index (κ2) is 7.09. The number of tetrazole rings is 1. The fraction of sp³-hybridized carbons (Fsp3) is 0.438. The van der Waals surface area contributed by atoms with Crippen LogP contribution in [0.25, 0.3) is 0 Å². The van der Waals surface area contributed by atoms with Crippen LogP contribution >= 0.6 is 0 Å². The van der Waals surface area contributed by atoms with Crippen LogP contribution in [0.1, 0.15) is 25.5 Å². The minimum Gasteiger partial charge on any atom is -0.465 e. The number of esters is 1. The summed E-state index contributed by atoms with van der Waals surface area (Å²) in [5.74, 6) is -1.22. The second-order valence-corrected chi connectivity index (χ2v) is 6.25. The van der Waals surface area contributed by atoms with Crippen molar-refractivity contribution in [3.63, 3.8) is 0 Å². The molecule has 1 aliphatic heterocycles. The van der Waals surface area contributed by atoms with Crippen LogP contribution in [-0.2, 0) is 9.53 Å². The number of ether oxygens (including phenoxy) is 1. The SMILES string of the molecule is CCOC(=O)C1C(C)=Nc2nnnn2C1c1ccc(N(C)C)cc1[N+](=O)[O-]. The molecular weight excluding hydrogens is 354 g/mol. The summed E-state index contributed by atoms with van der Waals surface area (Å²) in [6, 6.07) is 4.00. The molecule has 2 heterocycles. The van der Waals surface area contributed by atoms with E-state index in [2.05, 4.69) is 20.5 Å². The first-order chi connectivity index (χ1) is 12.8. The number of anilines is 1. The largest absolute Gasteiger partial charge is 0.465 e. The van der Waals surface area contributed by atoms with E-state index in [4.69, 9.17) is 4.74 Å². The average Bonchev–Trinajstić information content (AvgIpc) is 3.07. The third-order valence-corrected chi connectivity index (χ3v) is 4.37. The molecule has 11 nitrogen and oxygen atoms in total. The first-order valence-electron chi connectivity index (χ1n) is 8.30. The van der Waals surface area contributed by atoms with Crippen LogP contribution in [0.2, 0.25) is 0 Å². The molecule has 0 N–H and O–H groups in total. The molecule has 0 fully saturated rings. The fourth-order valence-electron chi connectivity index (χ4n) is 3.10. The highest BCUT2D eigenvalue weighted by molar-refractivity contribution is 6.03. The third-order valence-electron chi connectivity index (χ3n) is 4.37. The zero-order valence-electron chi connectivity index (χ0n) is 15.4. The maximum absolute atomic E-state index is 12.6. The zero-order valence-corrected chi connectivity index (χ0v) is 15.4. The van der Waals surface area contributed by atoms with Crippen LogP contribution in [0.5, 0.6) is 0 Å². The minimum atomic E-state index is -0.871. The first kappa shape index (κ1) is 18.4. The molecule has 27 heavy (non-hydrogen) atoms. The van der Waals surface area contributed by atoms with Gasteiger partial charge in [-0.1, -0.05) is 5.10 Å². The smallest absolute Gasteiger partial charge is 0.317 e. The molecule has 0 bridgehead atoms. The van der Waals surface area contributed by atoms with Gasteiger partial charge in [-0.05, 0) is 36.4 Å². The highest BCUT2D eigenvalue weighted by atomic mass is 16.6. The van der Waals surface area contributed by atoms with Gasteiger partial charge in [0.15, 0.2) is 0 Å². The van der Waals surface area contributed by atoms with E-state index in [1.165, 1.54) is 10.7 Å². The molecule has 2 unspecified atom stereocenters. The molecule has 2 aromatic rings. The van der Waals surface area contributed by atoms with Crippen molar-refractivity contribution < 1.29 is 14.5 Å². The molecule has 3 rings (SSSR count). The van der Waals surface area contributed by atoms with Crippen molar-refractivity contribution in [1.82, 2.24) is 20.2 Å². The topological polar surface area (TPSA) is 129 Å². The summed E-state index contributed by atoms with van der Waals surface area (Å²) < 4.78 is 6.50. The molecular formula is C16H19N7O4. The molecule has 142 valence electrons. The van der Waals surface area contributed by atoms with Crippen molar-refractivity contribution in [2.24, 2.45) is 10.9 Å². The lowest BCUT2D eigenvalue weighted by atomic mass is 9.87. The average molecular weight is 373 g/mol. The lowest BCUT2D eigenvalue weighted by molar-refractivity contribution is -0.385. The molecule has 1 aromatic heterocycles. The Labute approximate surface area is 154 Å². The summed E-state index contributed by atoms with van der Waals surface area (Å²) >= 11 is 0. The van der Waals surface area contributed by atoms with Gasteiger partial charge < -0.3 is 9.64 Å². The van der Waals surface area contributed by atoms with E-state index in [9.17, 15) is 14.9 Å². The minimum absolute atomic E-state index is 0.128. The number of rotatable bonds is 5. The number of hydrogen-bond donors (Lipinski definition) is 0. The maximum atomic E-state index is 12.6. The second-order valence-electron chi connectivity index (χ2n) is 6.25. The molecule has 1 aromatic carbocycles. The Morgan fingerprint density at radius 3 is 2.78 bits per heavy atom. The Balaban J connectivity index is 2.21. The Morgan fingerprint density at radius 2 is 2.15 bits per heavy atom. The monoisotopic (exact) mass is 373 g/mol. The van der Waals surface area contributed by atoms with Crippen molar-refractivity contribution in [3.8, 4) is 0 Å². The number of nitrogens with zero attached hydrogens (tertiary/aromatic N) is 7. The molecule has 2 atom stereocenters. The fourth-order valence-corrected chi connectivity index (χ4v) is 3.10. The van der Waals surface area contributed by atoms with Gasteiger partial charge in [-0.2, -0.15) is 0 Å². The van der Waals surface area contributed by atoms with Crippen molar-refractivity contribution in [2.45, 2.75) is 19.9 Å². The molecule has 0 saturated heterocycles. The van der Waals surface area contributed by atoms with Crippen LogP contribution in [0.15, 0.2) is 23.2 Å². The predicted octanol–water partition coefficient (Wildman–Crippen LogP) is 1.52. The molecule has 1 aliphatic rings. The summed E-state index contributed by atoms with van der Waals surface area (Å²) in [5.41, 5.74) is 1.28. The Morgan fingerprint density at radius 1 is 1.41 bits per heavy atom. The predicted molar refractivity (Wildman–Crippen MR) is 96.3 cm³/mol. The number of carbonyl (C=O) groups is 1. The molecule has 0 radical (unpaired) electrons. The van der Waals surface area contributed by atoms with Gasteiger partial charge in [0.1, 0.15) is 12.0 Å². The van der Waals surface area contributed by atoms with Gasteiger partial charge in [0.2, 0.25) is 0 Å². The lowest BCUT2D eigenvalue weighted by Crippen LogP contribution is -2.37. The summed E-state index contributed by atoms with van der Waals surface area (Å²) in [5, 5.41) is 23.1. The highest BCUT2D eigenvalue weighted by Gasteiger charge is 2.43. The Kier molecular flexibility index (Phi) is 4.84. The van der Waals surface area contributed by atoms with Gasteiger partial charge in [0, 0.05) is 31.6 Å². The van der Waals surface area contributed by atoms with Gasteiger partial charge in [0.05, 0.1) is 17.1 Å². The van der Waals surface area contributed by atoms with Crippen molar-refractivity contribution in [3.05, 3.63) is 33.9 Å². The summed E-state index contributed by atoms with van der Waals surface area (Å²) in [6.45, 7) is 3.53. The standard InChI is InChI=1S/C16H19N7O4/c1-5-27-15(24)13-9(2)17-16-18-19-20-22(16)14(13)11-7-6-10(21(3)4)8-12(11)23(25)26/h6-8,13-14H,5H2,1-4H3. The van der Waals surface area contributed by atoms with Crippen LogP contribution in [-0.4, -0.2) is 57.5 Å². The van der Waals surface area contributed by atoms with Gasteiger partial charge in [0.25, 0.3) is 11.6 Å². The van der Waals surface area contributed by atoms with Gasteiger partial charge >= 0.3 is 5.97 Å². The number of hydrogen-bond acceptors (Lipinski definition) is 9.